The van der Waals surface area contributed by atoms with Crippen LogP contribution >= 0.6 is 0 Å². The maximum absolute atomic E-state index is 13.4. The van der Waals surface area contributed by atoms with E-state index in [0.29, 0.717) is 17.7 Å². The fourth-order valence-electron chi connectivity index (χ4n) is 3.39. The number of nitrogens with one attached hydrogen (secondary N) is 1. The number of para-hydroxylation sites is 1. The van der Waals surface area contributed by atoms with E-state index >= 15 is 0 Å². The molecule has 0 spiro atoms. The van der Waals surface area contributed by atoms with Crippen molar-refractivity contribution in [2.24, 2.45) is 0 Å². The number of hydrogen-bond donors (Lipinski definition) is 1. The molecule has 0 saturated heterocycles. The molecule has 0 bridgehead atoms. The Balaban J connectivity index is 2.36. The van der Waals surface area contributed by atoms with Gasteiger partial charge in [-0.1, -0.05) is 44.2 Å². The number of ether oxygens (including phenoxy) is 1. The van der Waals surface area contributed by atoms with Crippen molar-refractivity contribution in [3.8, 4) is 5.75 Å². The van der Waals surface area contributed by atoms with Crippen LogP contribution in [0.3, 0.4) is 0 Å². The number of rotatable bonds is 11. The number of nitrogens with zero attached hydrogens (tertiary/aromatic N) is 2. The molecule has 2 atom stereocenters. The third-order valence-electron chi connectivity index (χ3n) is 5.43. The molecular weight excluding hydrogens is 410 g/mol. The number of carbonyl (C=O) groups is 2. The van der Waals surface area contributed by atoms with E-state index in [-0.39, 0.29) is 36.5 Å². The molecule has 32 heavy (non-hydrogen) atoms. The number of hydrogen-bond acceptors (Lipinski definition) is 5. The minimum absolute atomic E-state index is 0.0234. The molecular formula is C24H31N3O5. The Morgan fingerprint density at radius 1 is 1.09 bits per heavy atom. The molecule has 2 aromatic carbocycles. The second-order valence-corrected chi connectivity index (χ2v) is 7.67. The Kier molecular flexibility index (Phi) is 9.19. The lowest BCUT2D eigenvalue weighted by molar-refractivity contribution is -0.385. The van der Waals surface area contributed by atoms with Gasteiger partial charge in [-0.15, -0.1) is 0 Å². The van der Waals surface area contributed by atoms with Crippen molar-refractivity contribution in [1.82, 2.24) is 10.2 Å². The average Bonchev–Trinajstić information content (AvgIpc) is 2.79. The number of methoxy groups -OCH3 is 1. The van der Waals surface area contributed by atoms with E-state index < -0.39 is 11.0 Å². The minimum Gasteiger partial charge on any atom is -0.497 e. The number of carbonyl (C=O) groups excluding carboxylic acids is 2. The van der Waals surface area contributed by atoms with Crippen molar-refractivity contribution in [1.29, 1.82) is 0 Å². The van der Waals surface area contributed by atoms with E-state index in [1.165, 1.54) is 11.0 Å². The summed E-state index contributed by atoms with van der Waals surface area (Å²) in [5, 5.41) is 14.3. The molecule has 2 amide bonds. The molecule has 0 fully saturated rings. The summed E-state index contributed by atoms with van der Waals surface area (Å²) in [6.45, 7) is 5.93. The zero-order valence-corrected chi connectivity index (χ0v) is 19.0. The van der Waals surface area contributed by atoms with Gasteiger partial charge in [0.1, 0.15) is 11.8 Å². The lowest BCUT2D eigenvalue weighted by Crippen LogP contribution is -2.51. The zero-order chi connectivity index (χ0) is 23.7. The van der Waals surface area contributed by atoms with Gasteiger partial charge in [0.25, 0.3) is 5.69 Å². The SMILES string of the molecule is CC[C@H](C)NC(=O)[C@H](CC)N(Cc1ccc(OC)cc1)C(=O)Cc1ccccc1[N+](=O)[O-]. The summed E-state index contributed by atoms with van der Waals surface area (Å²) in [6.07, 6.45) is 1.02. The summed E-state index contributed by atoms with van der Waals surface area (Å²) >= 11 is 0. The monoisotopic (exact) mass is 441 g/mol. The number of nitro groups is 1. The first-order valence-corrected chi connectivity index (χ1v) is 10.8. The van der Waals surface area contributed by atoms with Gasteiger partial charge in [0, 0.05) is 24.2 Å². The Bertz CT molecular complexity index is 929. The van der Waals surface area contributed by atoms with Crippen LogP contribution in [-0.2, 0) is 22.6 Å². The predicted molar refractivity (Wildman–Crippen MR) is 122 cm³/mol. The lowest BCUT2D eigenvalue weighted by Gasteiger charge is -2.31. The molecule has 0 aliphatic carbocycles. The largest absolute Gasteiger partial charge is 0.497 e. The molecule has 8 heteroatoms. The van der Waals surface area contributed by atoms with Gasteiger partial charge in [0.2, 0.25) is 11.8 Å². The van der Waals surface area contributed by atoms with Gasteiger partial charge < -0.3 is 15.0 Å². The summed E-state index contributed by atoms with van der Waals surface area (Å²) in [6, 6.07) is 12.7. The average molecular weight is 442 g/mol. The highest BCUT2D eigenvalue weighted by molar-refractivity contribution is 5.89. The standard InChI is InChI=1S/C24H31N3O5/c1-5-17(3)25-24(29)21(6-2)26(16-18-11-13-20(32-4)14-12-18)23(28)15-19-9-7-8-10-22(19)27(30)31/h7-14,17,21H,5-6,15-16H2,1-4H3,(H,25,29)/t17-,21-/m0/s1. The van der Waals surface area contributed by atoms with Crippen LogP contribution in [0.1, 0.15) is 44.7 Å². The van der Waals surface area contributed by atoms with Gasteiger partial charge in [-0.2, -0.15) is 0 Å². The minimum atomic E-state index is -0.693. The maximum Gasteiger partial charge on any atom is 0.273 e. The summed E-state index contributed by atoms with van der Waals surface area (Å²) in [5.41, 5.74) is 1.04. The van der Waals surface area contributed by atoms with Crippen molar-refractivity contribution in [2.75, 3.05) is 7.11 Å². The van der Waals surface area contributed by atoms with Crippen molar-refractivity contribution < 1.29 is 19.2 Å². The molecule has 0 saturated carbocycles. The molecule has 172 valence electrons. The van der Waals surface area contributed by atoms with Gasteiger partial charge in [-0.05, 0) is 37.5 Å². The predicted octanol–water partition coefficient (Wildman–Crippen LogP) is 3.87. The Morgan fingerprint density at radius 2 is 1.75 bits per heavy atom. The van der Waals surface area contributed by atoms with Crippen LogP contribution in [0, 0.1) is 10.1 Å². The van der Waals surface area contributed by atoms with Crippen LogP contribution in [0.25, 0.3) is 0 Å². The summed E-state index contributed by atoms with van der Waals surface area (Å²) in [5.74, 6) is 0.112. The van der Waals surface area contributed by atoms with E-state index in [1.807, 2.05) is 32.9 Å². The van der Waals surface area contributed by atoms with Crippen LogP contribution in [0.5, 0.6) is 5.75 Å². The molecule has 0 aliphatic heterocycles. The molecule has 0 radical (unpaired) electrons. The maximum atomic E-state index is 13.4. The highest BCUT2D eigenvalue weighted by Crippen LogP contribution is 2.22. The third kappa shape index (κ3) is 6.54. The van der Waals surface area contributed by atoms with Gasteiger partial charge in [0.15, 0.2) is 0 Å². The second kappa shape index (κ2) is 11.8. The van der Waals surface area contributed by atoms with E-state index in [4.69, 9.17) is 4.74 Å². The van der Waals surface area contributed by atoms with Crippen LogP contribution in [-0.4, -0.2) is 40.8 Å². The lowest BCUT2D eigenvalue weighted by atomic mass is 10.0. The summed E-state index contributed by atoms with van der Waals surface area (Å²) < 4.78 is 5.19. The normalized spacial score (nSPS) is 12.5. The number of benzene rings is 2. The van der Waals surface area contributed by atoms with Crippen molar-refractivity contribution in [3.05, 3.63) is 69.8 Å². The topological polar surface area (TPSA) is 102 Å². The third-order valence-corrected chi connectivity index (χ3v) is 5.43. The molecule has 0 aliphatic rings. The molecule has 1 N–H and O–H groups in total. The van der Waals surface area contributed by atoms with Crippen molar-refractivity contribution in [2.45, 2.75) is 58.7 Å². The zero-order valence-electron chi connectivity index (χ0n) is 19.0. The quantitative estimate of drug-likeness (QED) is 0.421. The van der Waals surface area contributed by atoms with E-state index in [0.717, 1.165) is 12.0 Å². The van der Waals surface area contributed by atoms with Crippen LogP contribution in [0.2, 0.25) is 0 Å². The highest BCUT2D eigenvalue weighted by Gasteiger charge is 2.30. The van der Waals surface area contributed by atoms with E-state index in [1.54, 1.807) is 37.4 Å². The molecule has 0 unspecified atom stereocenters. The molecule has 2 aromatic rings. The molecule has 0 aromatic heterocycles. The van der Waals surface area contributed by atoms with Crippen molar-refractivity contribution >= 4 is 17.5 Å². The van der Waals surface area contributed by atoms with Crippen LogP contribution in [0.4, 0.5) is 5.69 Å². The first-order chi connectivity index (χ1) is 15.3. The van der Waals surface area contributed by atoms with Crippen LogP contribution in [0.15, 0.2) is 48.5 Å². The Hall–Kier alpha value is -3.42. The Morgan fingerprint density at radius 3 is 2.31 bits per heavy atom. The second-order valence-electron chi connectivity index (χ2n) is 7.67. The Labute approximate surface area is 188 Å². The number of amides is 2. The van der Waals surface area contributed by atoms with Gasteiger partial charge in [-0.3, -0.25) is 19.7 Å². The molecule has 2 rings (SSSR count). The summed E-state index contributed by atoms with van der Waals surface area (Å²) in [7, 11) is 1.57. The molecule has 0 heterocycles. The summed E-state index contributed by atoms with van der Waals surface area (Å²) in [4.78, 5) is 38.7. The molecule has 8 nitrogen and oxygen atoms in total. The van der Waals surface area contributed by atoms with Gasteiger partial charge >= 0.3 is 0 Å². The van der Waals surface area contributed by atoms with E-state index in [9.17, 15) is 19.7 Å². The fraction of sp³-hybridized carbons (Fsp3) is 0.417. The van der Waals surface area contributed by atoms with Gasteiger partial charge in [0.05, 0.1) is 18.5 Å². The van der Waals surface area contributed by atoms with Crippen molar-refractivity contribution in [3.63, 3.8) is 0 Å². The number of nitro benzene ring substituents is 1. The highest BCUT2D eigenvalue weighted by atomic mass is 16.6. The first kappa shape index (κ1) is 24.8. The van der Waals surface area contributed by atoms with E-state index in [2.05, 4.69) is 5.32 Å². The first-order valence-electron chi connectivity index (χ1n) is 10.8. The van der Waals surface area contributed by atoms with Crippen LogP contribution < -0.4 is 10.1 Å². The van der Waals surface area contributed by atoms with Gasteiger partial charge in [-0.25, -0.2) is 0 Å². The fourth-order valence-corrected chi connectivity index (χ4v) is 3.39. The smallest absolute Gasteiger partial charge is 0.273 e.